The Hall–Kier alpha value is -1.89. The predicted octanol–water partition coefficient (Wildman–Crippen LogP) is 3.33. The summed E-state index contributed by atoms with van der Waals surface area (Å²) in [7, 11) is -9.05. The molecule has 4 atom stereocenters. The lowest BCUT2D eigenvalue weighted by Gasteiger charge is -2.43. The summed E-state index contributed by atoms with van der Waals surface area (Å²) >= 11 is 0. The highest BCUT2D eigenvalue weighted by Gasteiger charge is 2.67. The molecule has 0 unspecified atom stereocenters. The molecular weight excluding hydrogens is 559 g/mol. The van der Waals surface area contributed by atoms with Gasteiger partial charge in [0.1, 0.15) is 18.5 Å². The number of aromatic nitrogens is 4. The van der Waals surface area contributed by atoms with Gasteiger partial charge in [-0.3, -0.25) is 9.36 Å². The summed E-state index contributed by atoms with van der Waals surface area (Å²) in [6, 6.07) is 0. The van der Waals surface area contributed by atoms with E-state index < -0.39 is 56.3 Å². The van der Waals surface area contributed by atoms with Crippen LogP contribution in [0.25, 0.3) is 11.2 Å². The Morgan fingerprint density at radius 3 is 2.26 bits per heavy atom. The minimum absolute atomic E-state index is 0.00957. The van der Waals surface area contributed by atoms with Gasteiger partial charge in [0.2, 0.25) is 0 Å². The molecule has 0 amide bonds. The molecule has 0 radical (unpaired) electrons. The van der Waals surface area contributed by atoms with E-state index in [1.165, 1.54) is 17.2 Å². The minimum atomic E-state index is -4.15. The average molecular weight is 600 g/mol. The fourth-order valence-corrected chi connectivity index (χ4v) is 7.80. The molecule has 3 N–H and O–H groups in total. The monoisotopic (exact) mass is 599 g/mol. The van der Waals surface area contributed by atoms with Crippen LogP contribution in [0.1, 0.15) is 47.8 Å². The molecule has 1 saturated heterocycles. The normalized spacial score (nSPS) is 27.9. The molecule has 2 aliphatic rings. The van der Waals surface area contributed by atoms with Crippen molar-refractivity contribution < 1.29 is 26.2 Å². The Kier molecular flexibility index (Phi) is 7.19. The molecule has 0 aliphatic carbocycles. The smallest absolute Gasteiger partial charge is 0.292 e. The number of rotatable bonds is 6. The van der Waals surface area contributed by atoms with Gasteiger partial charge in [0.25, 0.3) is 15.7 Å². The summed E-state index contributed by atoms with van der Waals surface area (Å²) in [5.41, 5.74) is 4.71. The fraction of sp³-hybridized carbons (Fsp3) is 0.708. The first-order chi connectivity index (χ1) is 17.6. The molecule has 1 spiro atoms. The lowest BCUT2D eigenvalue weighted by Crippen LogP contribution is -2.59. The first kappa shape index (κ1) is 30.1. The highest BCUT2D eigenvalue weighted by Crippen LogP contribution is 2.52. The molecule has 1 fully saturated rings. The molecule has 39 heavy (non-hydrogen) atoms. The Morgan fingerprint density at radius 1 is 1.10 bits per heavy atom. The number of fused-ring (bicyclic) bond motifs is 1. The highest BCUT2D eigenvalue weighted by atomic mass is 32.2. The Bertz CT molecular complexity index is 1460. The van der Waals surface area contributed by atoms with Gasteiger partial charge in [-0.25, -0.2) is 14.2 Å². The second-order valence-corrected chi connectivity index (χ2v) is 24.3. The van der Waals surface area contributed by atoms with Gasteiger partial charge < -0.3 is 24.3 Å². The fourth-order valence-electron chi connectivity index (χ4n) is 4.29. The van der Waals surface area contributed by atoms with Gasteiger partial charge in [0.05, 0.1) is 24.0 Å². The summed E-state index contributed by atoms with van der Waals surface area (Å²) in [5.74, 6) is 0. The molecule has 15 heteroatoms. The first-order valence-corrected chi connectivity index (χ1v) is 20.2. The molecule has 4 rings (SSSR count). The highest BCUT2D eigenvalue weighted by molar-refractivity contribution is 7.90. The van der Waals surface area contributed by atoms with Crippen molar-refractivity contribution >= 4 is 37.9 Å². The van der Waals surface area contributed by atoms with E-state index in [4.69, 9.17) is 23.5 Å². The minimum Gasteiger partial charge on any atom is -0.414 e. The summed E-state index contributed by atoms with van der Waals surface area (Å²) in [6.45, 7) is 20.8. The third kappa shape index (κ3) is 5.06. The summed E-state index contributed by atoms with van der Waals surface area (Å²) in [6.07, 6.45) is -0.313. The predicted molar refractivity (Wildman–Crippen MR) is 152 cm³/mol. The maximum atomic E-state index is 12.9. The van der Waals surface area contributed by atoms with Gasteiger partial charge in [-0.2, -0.15) is 8.42 Å². The Morgan fingerprint density at radius 2 is 1.72 bits per heavy atom. The van der Waals surface area contributed by atoms with Crippen LogP contribution in [0.15, 0.2) is 28.6 Å². The third-order valence-electron chi connectivity index (χ3n) is 8.72. The number of ether oxygens (including phenoxy) is 1. The van der Waals surface area contributed by atoms with Crippen LogP contribution in [-0.4, -0.2) is 69.0 Å². The van der Waals surface area contributed by atoms with Crippen molar-refractivity contribution in [1.29, 1.82) is 0 Å². The van der Waals surface area contributed by atoms with Crippen molar-refractivity contribution in [2.24, 2.45) is 5.73 Å². The van der Waals surface area contributed by atoms with Crippen molar-refractivity contribution in [3.05, 3.63) is 34.1 Å². The summed E-state index contributed by atoms with van der Waals surface area (Å²) in [4.78, 5) is 23.9. The molecule has 218 valence electrons. The van der Waals surface area contributed by atoms with Crippen LogP contribution in [-0.2, 0) is 27.9 Å². The van der Waals surface area contributed by atoms with E-state index in [1.807, 2.05) is 13.1 Å². The average Bonchev–Trinajstić information content (AvgIpc) is 3.38. The SMILES string of the molecule is CC(C)(C)[Si](C)(C)OC[C@H]1O[C@@H](n2cnc3nc[nH]c(=O)c32)[C@H](O[Si](C)(C)C(C)(C)C)[C@]12OS(=O)(=O)C=C2N. The summed E-state index contributed by atoms with van der Waals surface area (Å²) < 4.78 is 53.1. The number of H-pyrrole nitrogens is 1. The zero-order valence-corrected chi connectivity index (χ0v) is 27.2. The lowest BCUT2D eigenvalue weighted by molar-refractivity contribution is -0.0534. The second-order valence-electron chi connectivity index (χ2n) is 13.4. The van der Waals surface area contributed by atoms with E-state index in [0.29, 0.717) is 0 Å². The number of nitrogens with two attached hydrogens (primary N) is 1. The molecule has 12 nitrogen and oxygen atoms in total. The topological polar surface area (TPSA) is 161 Å². The van der Waals surface area contributed by atoms with Crippen LogP contribution in [0.3, 0.4) is 0 Å². The molecule has 2 aromatic rings. The number of hydrogen-bond acceptors (Lipinski definition) is 10. The molecule has 0 saturated carbocycles. The maximum absolute atomic E-state index is 12.9. The molecule has 4 heterocycles. The van der Waals surface area contributed by atoms with Gasteiger partial charge in [-0.15, -0.1) is 0 Å². The van der Waals surface area contributed by atoms with Crippen molar-refractivity contribution in [1.82, 2.24) is 19.5 Å². The van der Waals surface area contributed by atoms with E-state index >= 15 is 0 Å². The van der Waals surface area contributed by atoms with Gasteiger partial charge >= 0.3 is 0 Å². The van der Waals surface area contributed by atoms with Crippen molar-refractivity contribution in [2.75, 3.05) is 6.61 Å². The van der Waals surface area contributed by atoms with Gasteiger partial charge in [0, 0.05) is 0 Å². The van der Waals surface area contributed by atoms with Crippen LogP contribution in [0.5, 0.6) is 0 Å². The Balaban J connectivity index is 1.91. The van der Waals surface area contributed by atoms with Crippen LogP contribution in [0, 0.1) is 0 Å². The number of nitrogens with zero attached hydrogens (tertiary/aromatic N) is 3. The van der Waals surface area contributed by atoms with Crippen molar-refractivity contribution in [2.45, 2.75) is 102 Å². The van der Waals surface area contributed by atoms with Crippen LogP contribution < -0.4 is 11.3 Å². The molecule has 0 aromatic carbocycles. The van der Waals surface area contributed by atoms with E-state index in [1.54, 1.807) is 0 Å². The lowest BCUT2D eigenvalue weighted by atomic mass is 9.89. The van der Waals surface area contributed by atoms with Gasteiger partial charge in [-0.05, 0) is 36.3 Å². The van der Waals surface area contributed by atoms with E-state index in [9.17, 15) is 13.2 Å². The zero-order valence-electron chi connectivity index (χ0n) is 24.4. The maximum Gasteiger partial charge on any atom is 0.292 e. The van der Waals surface area contributed by atoms with Crippen molar-refractivity contribution in [3.63, 3.8) is 0 Å². The standard InChI is InChI=1S/C24H41N5O7SSi2/c1-22(2,3)38(7,8)33-11-16-24(15(25)12-37(31,32)36-24)18(35-39(9,10)23(4,5)6)21(34-16)29-14-28-19-17(29)20(30)27-13-26-19/h12-14,16,18,21H,11,25H2,1-10H3,(H,26,27,30)/t16-,18+,21-,24-/m1/s1. The number of aromatic amines is 1. The molecule has 2 aromatic heterocycles. The zero-order chi connectivity index (χ0) is 29.4. The third-order valence-corrected chi connectivity index (χ3v) is 18.7. The largest absolute Gasteiger partial charge is 0.414 e. The number of nitrogens with one attached hydrogen (secondary N) is 1. The van der Waals surface area contributed by atoms with Crippen LogP contribution in [0.4, 0.5) is 0 Å². The van der Waals surface area contributed by atoms with Gasteiger partial charge in [-0.1, -0.05) is 41.5 Å². The Labute approximate surface area is 231 Å². The second kappa shape index (κ2) is 9.32. The van der Waals surface area contributed by atoms with Gasteiger partial charge in [0.15, 0.2) is 39.6 Å². The van der Waals surface area contributed by atoms with Crippen LogP contribution >= 0.6 is 0 Å². The summed E-state index contributed by atoms with van der Waals surface area (Å²) in [5, 5.41) is 0.555. The van der Waals surface area contributed by atoms with Crippen LogP contribution in [0.2, 0.25) is 36.3 Å². The first-order valence-electron chi connectivity index (χ1n) is 12.9. The van der Waals surface area contributed by atoms with E-state index in [2.05, 4.69) is 69.6 Å². The molecular formula is C24H41N5O7SSi2. The number of hydrogen-bond donors (Lipinski definition) is 2. The molecule has 0 bridgehead atoms. The van der Waals surface area contributed by atoms with E-state index in [-0.39, 0.29) is 33.5 Å². The van der Waals surface area contributed by atoms with Crippen molar-refractivity contribution in [3.8, 4) is 0 Å². The van der Waals surface area contributed by atoms with E-state index in [0.717, 1.165) is 5.41 Å². The quantitative estimate of drug-likeness (QED) is 0.372. The number of imidazole rings is 1. The molecule has 2 aliphatic heterocycles.